The van der Waals surface area contributed by atoms with Crippen LogP contribution in [0.2, 0.25) is 25.1 Å². The molecule has 0 atom stereocenters. The van der Waals surface area contributed by atoms with Gasteiger partial charge < -0.3 is 31.5 Å². The maximum Gasteiger partial charge on any atom is 0.339 e. The lowest BCUT2D eigenvalue weighted by Crippen LogP contribution is -2.12. The van der Waals surface area contributed by atoms with Crippen LogP contribution in [-0.2, 0) is 0 Å². The summed E-state index contributed by atoms with van der Waals surface area (Å²) in [4.78, 5) is 36.1. The first-order chi connectivity index (χ1) is 24.5. The van der Waals surface area contributed by atoms with Crippen LogP contribution in [0.5, 0.6) is 17.2 Å². The lowest BCUT2D eigenvalue weighted by Gasteiger charge is -2.09. The smallest absolute Gasteiger partial charge is 0.339 e. The van der Waals surface area contributed by atoms with E-state index < -0.39 is 17.1 Å². The van der Waals surface area contributed by atoms with Gasteiger partial charge in [-0.2, -0.15) is 5.26 Å². The Balaban J connectivity index is 0.000000253. The van der Waals surface area contributed by atoms with E-state index in [1.165, 1.54) is 72.8 Å². The average Bonchev–Trinajstić information content (AvgIpc) is 3.10. The molecule has 0 radical (unpaired) electrons. The van der Waals surface area contributed by atoms with Crippen LogP contribution in [0.15, 0.2) is 91.0 Å². The molecule has 0 bridgehead atoms. The standard InChI is InChI=1S/C14H8Cl2N2O2.C7H4Cl2O2.C7H5ClN2.C7H5ClO3/c15-9-2-4-13(19)10(6-9)14(20)18-12-3-1-8(7-17)5-11(12)16;8-4-1-2-6(10)5(3-4)7(9)11;1-10-5-2-3-7(9)6(8)4-5;8-4-1-2-6(9)5(3-4)7(10)11/h1-6,19H,(H,18,20);1-3,10H;2-4H,9H2;1-3,9H,(H,10,11). The van der Waals surface area contributed by atoms with Crippen molar-refractivity contribution >= 4 is 104 Å². The highest BCUT2D eigenvalue weighted by Gasteiger charge is 2.14. The van der Waals surface area contributed by atoms with Crippen LogP contribution < -0.4 is 11.1 Å². The number of halogens is 6. The molecule has 0 unspecified atom stereocenters. The predicted molar refractivity (Wildman–Crippen MR) is 203 cm³/mol. The van der Waals surface area contributed by atoms with E-state index in [2.05, 4.69) is 10.2 Å². The van der Waals surface area contributed by atoms with Crippen LogP contribution in [0.4, 0.5) is 17.1 Å². The van der Waals surface area contributed by atoms with Crippen molar-refractivity contribution in [2.75, 3.05) is 11.1 Å². The minimum absolute atomic E-state index is 0.0270. The molecule has 5 aromatic rings. The van der Waals surface area contributed by atoms with E-state index in [9.17, 15) is 19.5 Å². The number of nitrogens with two attached hydrogens (primary N) is 1. The van der Waals surface area contributed by atoms with Gasteiger partial charge in [-0.1, -0.05) is 64.1 Å². The Bertz CT molecular complexity index is 2140. The number of carboxylic acids is 1. The first-order valence-corrected chi connectivity index (χ1v) is 16.1. The number of nitrogens with zero attached hydrogens (tertiary/aromatic N) is 2. The van der Waals surface area contributed by atoms with Crippen LogP contribution in [0.25, 0.3) is 4.85 Å². The summed E-state index contributed by atoms with van der Waals surface area (Å²) in [5.74, 6) is -2.35. The summed E-state index contributed by atoms with van der Waals surface area (Å²) in [6, 6.07) is 23.3. The molecule has 5 rings (SSSR count). The SMILES string of the molecule is N#Cc1ccc(NC(=O)c2cc(Cl)ccc2O)c(Cl)c1.O=C(Cl)c1cc(Cl)ccc1O.O=C(O)c1cc(Cl)ccc1O.[C-]#[N+]c1ccc(N)c(Cl)c1. The number of carbonyl (C=O) groups is 3. The number of carbonyl (C=O) groups excluding carboxylic acids is 2. The van der Waals surface area contributed by atoms with Crippen LogP contribution in [0.3, 0.4) is 0 Å². The molecule has 0 heterocycles. The van der Waals surface area contributed by atoms with Gasteiger partial charge in [0.2, 0.25) is 0 Å². The number of hydrogen-bond acceptors (Lipinski definition) is 8. The van der Waals surface area contributed by atoms with Gasteiger partial charge >= 0.3 is 5.97 Å². The Morgan fingerprint density at radius 3 is 1.62 bits per heavy atom. The Morgan fingerprint density at radius 2 is 1.19 bits per heavy atom. The van der Waals surface area contributed by atoms with Crippen molar-refractivity contribution in [3.63, 3.8) is 0 Å². The molecule has 266 valence electrons. The highest BCUT2D eigenvalue weighted by atomic mass is 35.5. The molecule has 0 aliphatic heterocycles. The van der Waals surface area contributed by atoms with Gasteiger partial charge in [0.15, 0.2) is 5.69 Å². The maximum atomic E-state index is 12.0. The second-order valence-corrected chi connectivity index (χ2v) is 12.1. The number of amides is 1. The molecule has 0 aliphatic rings. The molecular weight excluding hydrogens is 801 g/mol. The second-order valence-electron chi connectivity index (χ2n) is 9.64. The fourth-order valence-corrected chi connectivity index (χ4v) is 4.57. The third-order valence-electron chi connectivity index (χ3n) is 6.02. The van der Waals surface area contributed by atoms with Crippen LogP contribution in [0, 0.1) is 17.9 Å². The van der Waals surface area contributed by atoms with Gasteiger partial charge in [0.1, 0.15) is 22.8 Å². The summed E-state index contributed by atoms with van der Waals surface area (Å²) in [6.07, 6.45) is 0. The lowest BCUT2D eigenvalue weighted by atomic mass is 10.1. The van der Waals surface area contributed by atoms with E-state index in [1.54, 1.807) is 18.2 Å². The minimum atomic E-state index is -1.19. The average molecular weight is 823 g/mol. The Labute approximate surface area is 326 Å². The van der Waals surface area contributed by atoms with Gasteiger partial charge in [0.25, 0.3) is 11.1 Å². The van der Waals surface area contributed by atoms with Gasteiger partial charge in [-0.15, -0.1) is 0 Å². The Hall–Kier alpha value is -5.37. The third kappa shape index (κ3) is 13.4. The molecule has 0 fully saturated rings. The number of phenolic OH excluding ortho intramolecular Hbond substituents is 2. The normalized spacial score (nSPS) is 9.54. The second kappa shape index (κ2) is 20.5. The number of carboxylic acid groups (broad SMARTS) is 1. The van der Waals surface area contributed by atoms with E-state index in [4.69, 9.17) is 102 Å². The Kier molecular flexibility index (Phi) is 16.8. The molecule has 0 aromatic heterocycles. The van der Waals surface area contributed by atoms with Crippen molar-refractivity contribution in [1.82, 2.24) is 0 Å². The number of rotatable bonds is 4. The lowest BCUT2D eigenvalue weighted by molar-refractivity contribution is 0.0693. The molecule has 17 heteroatoms. The third-order valence-corrected chi connectivity index (χ3v) is 7.57. The van der Waals surface area contributed by atoms with Crippen molar-refractivity contribution in [2.45, 2.75) is 0 Å². The Morgan fingerprint density at radius 1 is 0.692 bits per heavy atom. The number of aromatic hydroxyl groups is 3. The van der Waals surface area contributed by atoms with E-state index in [0.717, 1.165) is 0 Å². The molecule has 11 nitrogen and oxygen atoms in total. The number of aromatic carboxylic acids is 1. The summed E-state index contributed by atoms with van der Waals surface area (Å²) in [7, 11) is 0. The molecule has 0 spiro atoms. The zero-order valence-corrected chi connectivity index (χ0v) is 30.4. The van der Waals surface area contributed by atoms with Crippen molar-refractivity contribution in [2.24, 2.45) is 0 Å². The number of nitrogen functional groups attached to an aromatic ring is 1. The minimum Gasteiger partial charge on any atom is -0.507 e. The number of nitriles is 1. The summed E-state index contributed by atoms with van der Waals surface area (Å²) in [5.41, 5.74) is 7.04. The van der Waals surface area contributed by atoms with E-state index in [0.29, 0.717) is 42.7 Å². The summed E-state index contributed by atoms with van der Waals surface area (Å²) in [6.45, 7) is 6.64. The van der Waals surface area contributed by atoms with Crippen LogP contribution in [-0.4, -0.2) is 37.5 Å². The monoisotopic (exact) mass is 820 g/mol. The molecule has 7 N–H and O–H groups in total. The zero-order valence-electron chi connectivity index (χ0n) is 25.9. The van der Waals surface area contributed by atoms with Crippen molar-refractivity contribution in [1.29, 1.82) is 5.26 Å². The van der Waals surface area contributed by atoms with Gasteiger partial charge in [-0.3, -0.25) is 9.59 Å². The molecule has 0 saturated heterocycles. The fourth-order valence-electron chi connectivity index (χ4n) is 3.50. The molecular formula is C35H22Cl6N4O7. The van der Waals surface area contributed by atoms with Gasteiger partial charge in [-0.25, -0.2) is 9.64 Å². The number of nitrogens with one attached hydrogen (secondary N) is 1. The van der Waals surface area contributed by atoms with Crippen LogP contribution >= 0.6 is 69.6 Å². The van der Waals surface area contributed by atoms with E-state index in [1.807, 2.05) is 6.07 Å². The first kappa shape index (κ1) is 42.8. The molecule has 0 saturated carbocycles. The maximum absolute atomic E-state index is 12.0. The van der Waals surface area contributed by atoms with Gasteiger partial charge in [0, 0.05) is 20.8 Å². The highest BCUT2D eigenvalue weighted by Crippen LogP contribution is 2.27. The van der Waals surface area contributed by atoms with Gasteiger partial charge in [-0.05, 0) is 96.5 Å². The largest absolute Gasteiger partial charge is 0.507 e. The summed E-state index contributed by atoms with van der Waals surface area (Å²) >= 11 is 33.5. The topological polar surface area (TPSA) is 198 Å². The van der Waals surface area contributed by atoms with Crippen molar-refractivity contribution < 1.29 is 34.8 Å². The number of hydrogen-bond donors (Lipinski definition) is 6. The number of benzene rings is 5. The van der Waals surface area contributed by atoms with E-state index >= 15 is 0 Å². The van der Waals surface area contributed by atoms with Crippen molar-refractivity contribution in [3.8, 4) is 23.3 Å². The highest BCUT2D eigenvalue weighted by molar-refractivity contribution is 6.68. The zero-order chi connectivity index (χ0) is 39.1. The number of anilines is 2. The van der Waals surface area contributed by atoms with Gasteiger partial charge in [0.05, 0.1) is 45.1 Å². The van der Waals surface area contributed by atoms with Crippen LogP contribution in [0.1, 0.15) is 36.6 Å². The summed E-state index contributed by atoms with van der Waals surface area (Å²) < 4.78 is 0. The molecule has 0 aliphatic carbocycles. The molecule has 1 amide bonds. The first-order valence-electron chi connectivity index (χ1n) is 13.8. The fraction of sp³-hybridized carbons (Fsp3) is 0. The molecule has 52 heavy (non-hydrogen) atoms. The summed E-state index contributed by atoms with van der Waals surface area (Å²) in [5, 5.41) is 48.3. The number of phenols is 3. The van der Waals surface area contributed by atoms with E-state index in [-0.39, 0.29) is 39.0 Å². The molecule has 5 aromatic carbocycles. The predicted octanol–water partition coefficient (Wildman–Crippen LogP) is 10.5. The van der Waals surface area contributed by atoms with Crippen molar-refractivity contribution in [3.05, 3.63) is 150 Å². The quantitative estimate of drug-likeness (QED) is 0.0580.